The first-order valence-electron chi connectivity index (χ1n) is 7.26. The van der Waals surface area contributed by atoms with Crippen molar-refractivity contribution in [3.05, 3.63) is 29.8 Å². The van der Waals surface area contributed by atoms with Crippen molar-refractivity contribution >= 4 is 13.0 Å². The molecule has 9 heteroatoms. The van der Waals surface area contributed by atoms with Gasteiger partial charge in [0.15, 0.2) is 0 Å². The average Bonchev–Trinajstić information content (AvgIpc) is 2.39. The van der Waals surface area contributed by atoms with Crippen molar-refractivity contribution in [3.8, 4) is 5.75 Å². The van der Waals surface area contributed by atoms with Gasteiger partial charge in [0.1, 0.15) is 12.4 Å². The molecule has 0 unspecified atom stereocenters. The fraction of sp³-hybridized carbons (Fsp3) is 0.533. The fourth-order valence-corrected chi connectivity index (χ4v) is 2.80. The zero-order valence-electron chi connectivity index (χ0n) is 13.8. The van der Waals surface area contributed by atoms with E-state index in [2.05, 4.69) is 4.74 Å². The first-order valence-corrected chi connectivity index (χ1v) is 10.0. The zero-order chi connectivity index (χ0) is 18.4. The average molecular weight is 367 g/mol. The van der Waals surface area contributed by atoms with Gasteiger partial charge in [-0.3, -0.25) is 9.63 Å². The molecule has 0 aliphatic carbocycles. The van der Waals surface area contributed by atoms with Crippen LogP contribution in [-0.4, -0.2) is 43.4 Å². The van der Waals surface area contributed by atoms with E-state index >= 15 is 0 Å². The molecule has 24 heavy (non-hydrogen) atoms. The Morgan fingerprint density at radius 1 is 1.29 bits per heavy atom. The Morgan fingerprint density at radius 3 is 2.50 bits per heavy atom. The van der Waals surface area contributed by atoms with Gasteiger partial charge in [-0.15, -0.1) is 13.2 Å². The molecule has 0 aliphatic rings. The summed E-state index contributed by atoms with van der Waals surface area (Å²) in [6, 6.07) is 5.34. The van der Waals surface area contributed by atoms with E-state index in [1.54, 1.807) is 19.4 Å². The molecule has 0 bridgehead atoms. The molecule has 0 saturated heterocycles. The van der Waals surface area contributed by atoms with Crippen LogP contribution in [0.15, 0.2) is 24.3 Å². The molecule has 0 saturated carbocycles. The summed E-state index contributed by atoms with van der Waals surface area (Å²) < 4.78 is 52.1. The van der Waals surface area contributed by atoms with Crippen LogP contribution in [-0.2, 0) is 20.8 Å². The van der Waals surface area contributed by atoms with Crippen LogP contribution in [0.3, 0.4) is 0 Å². The first kappa shape index (κ1) is 20.5. The summed E-state index contributed by atoms with van der Waals surface area (Å²) in [6.07, 6.45) is -3.77. The van der Waals surface area contributed by atoms with E-state index in [1.165, 1.54) is 25.1 Å². The van der Waals surface area contributed by atoms with Crippen molar-refractivity contribution in [2.24, 2.45) is 0 Å². The molecule has 0 aliphatic heterocycles. The van der Waals surface area contributed by atoms with Crippen molar-refractivity contribution in [1.82, 2.24) is 5.06 Å². The van der Waals surface area contributed by atoms with Gasteiger partial charge in [0.25, 0.3) is 0 Å². The third-order valence-corrected chi connectivity index (χ3v) is 4.32. The Labute approximate surface area is 139 Å². The van der Waals surface area contributed by atoms with Crippen LogP contribution in [0.25, 0.3) is 0 Å². The normalized spacial score (nSPS) is 12.1. The predicted octanol–water partition coefficient (Wildman–Crippen LogP) is 3.88. The SMILES string of the molecule is CC(=O)N(CCCP(C)(C)=O)OCc1cccc(OC(F)(F)F)c1. The lowest BCUT2D eigenvalue weighted by Gasteiger charge is -2.21. The van der Waals surface area contributed by atoms with Crippen LogP contribution >= 0.6 is 7.14 Å². The molecule has 1 aromatic carbocycles. The van der Waals surface area contributed by atoms with Gasteiger partial charge < -0.3 is 9.30 Å². The van der Waals surface area contributed by atoms with E-state index in [1.807, 2.05) is 0 Å². The second-order valence-corrected chi connectivity index (χ2v) is 9.34. The largest absolute Gasteiger partial charge is 0.573 e. The van der Waals surface area contributed by atoms with Crippen molar-refractivity contribution in [2.45, 2.75) is 26.3 Å². The van der Waals surface area contributed by atoms with Crippen molar-refractivity contribution < 1.29 is 32.1 Å². The molecular formula is C15H21F3NO4P. The monoisotopic (exact) mass is 367 g/mol. The van der Waals surface area contributed by atoms with Gasteiger partial charge in [-0.1, -0.05) is 12.1 Å². The molecule has 0 radical (unpaired) electrons. The highest BCUT2D eigenvalue weighted by Crippen LogP contribution is 2.36. The summed E-state index contributed by atoms with van der Waals surface area (Å²) in [6.45, 7) is 4.83. The second-order valence-electron chi connectivity index (χ2n) is 5.74. The number of amides is 1. The second kappa shape index (κ2) is 8.53. The first-order chi connectivity index (χ1) is 11.0. The quantitative estimate of drug-likeness (QED) is 0.517. The zero-order valence-corrected chi connectivity index (χ0v) is 14.7. The Hall–Kier alpha value is -1.53. The van der Waals surface area contributed by atoms with Gasteiger partial charge in [-0.2, -0.15) is 0 Å². The number of benzene rings is 1. The van der Waals surface area contributed by atoms with Crippen LogP contribution in [0.4, 0.5) is 13.2 Å². The summed E-state index contributed by atoms with van der Waals surface area (Å²) in [5.74, 6) is -0.685. The number of hydroxylamine groups is 2. The lowest BCUT2D eigenvalue weighted by molar-refractivity contribution is -0.274. The molecule has 1 amide bonds. The van der Waals surface area contributed by atoms with Gasteiger partial charge in [0, 0.05) is 19.6 Å². The van der Waals surface area contributed by atoms with Crippen LogP contribution in [0, 0.1) is 0 Å². The Morgan fingerprint density at radius 2 is 1.96 bits per heavy atom. The summed E-state index contributed by atoms with van der Waals surface area (Å²) in [5.41, 5.74) is 0.430. The van der Waals surface area contributed by atoms with Gasteiger partial charge in [0.05, 0.1) is 7.14 Å². The maximum Gasteiger partial charge on any atom is 0.573 e. The third kappa shape index (κ3) is 8.93. The highest BCUT2D eigenvalue weighted by atomic mass is 31.2. The minimum atomic E-state index is -4.76. The summed E-state index contributed by atoms with van der Waals surface area (Å²) in [7, 11) is -2.17. The van der Waals surface area contributed by atoms with Crippen molar-refractivity contribution in [1.29, 1.82) is 0 Å². The molecule has 1 aromatic rings. The molecule has 0 atom stereocenters. The highest BCUT2D eigenvalue weighted by Gasteiger charge is 2.31. The van der Waals surface area contributed by atoms with Gasteiger partial charge in [-0.05, 0) is 37.4 Å². The summed E-state index contributed by atoms with van der Waals surface area (Å²) >= 11 is 0. The molecule has 0 spiro atoms. The van der Waals surface area contributed by atoms with E-state index in [9.17, 15) is 22.5 Å². The minimum absolute atomic E-state index is 0.0788. The lowest BCUT2D eigenvalue weighted by Crippen LogP contribution is -2.30. The Bertz CT molecular complexity index is 601. The number of rotatable bonds is 8. The number of carbonyl (C=O) groups is 1. The Kier molecular flexibility index (Phi) is 7.29. The van der Waals surface area contributed by atoms with E-state index in [0.717, 1.165) is 5.06 Å². The topological polar surface area (TPSA) is 55.8 Å². The molecule has 0 heterocycles. The maximum absolute atomic E-state index is 12.2. The lowest BCUT2D eigenvalue weighted by atomic mass is 10.2. The summed E-state index contributed by atoms with van der Waals surface area (Å²) in [5, 5.41) is 1.12. The Balaban J connectivity index is 2.59. The maximum atomic E-state index is 12.2. The molecule has 1 rings (SSSR count). The van der Waals surface area contributed by atoms with Crippen LogP contribution < -0.4 is 4.74 Å². The standard InChI is InChI=1S/C15H21F3NO4P/c1-12(20)19(8-5-9-24(2,3)21)22-11-13-6-4-7-14(10-13)23-15(16,17)18/h4,6-7,10H,5,8-9,11H2,1-3H3. The van der Waals surface area contributed by atoms with Crippen LogP contribution in [0.1, 0.15) is 18.9 Å². The smallest absolute Gasteiger partial charge is 0.406 e. The molecular weight excluding hydrogens is 346 g/mol. The number of carbonyl (C=O) groups excluding carboxylic acids is 1. The molecule has 5 nitrogen and oxygen atoms in total. The predicted molar refractivity (Wildman–Crippen MR) is 84.2 cm³/mol. The van der Waals surface area contributed by atoms with Gasteiger partial charge in [0.2, 0.25) is 5.91 Å². The number of nitrogens with zero attached hydrogens (tertiary/aromatic N) is 1. The molecule has 0 fully saturated rings. The van der Waals surface area contributed by atoms with E-state index in [4.69, 9.17) is 4.84 Å². The number of hydrogen-bond donors (Lipinski definition) is 0. The number of halogens is 3. The van der Waals surface area contributed by atoms with Gasteiger partial charge in [-0.25, -0.2) is 5.06 Å². The molecule has 0 aromatic heterocycles. The van der Waals surface area contributed by atoms with Gasteiger partial charge >= 0.3 is 6.36 Å². The third-order valence-electron chi connectivity index (χ3n) is 2.93. The van der Waals surface area contributed by atoms with Crippen molar-refractivity contribution in [2.75, 3.05) is 26.0 Å². The number of hydrogen-bond acceptors (Lipinski definition) is 4. The highest BCUT2D eigenvalue weighted by molar-refractivity contribution is 7.62. The van der Waals surface area contributed by atoms with E-state index in [-0.39, 0.29) is 24.8 Å². The number of ether oxygens (including phenoxy) is 1. The van der Waals surface area contributed by atoms with Crippen molar-refractivity contribution in [3.63, 3.8) is 0 Å². The van der Waals surface area contributed by atoms with Crippen LogP contribution in [0.2, 0.25) is 0 Å². The summed E-state index contributed by atoms with van der Waals surface area (Å²) in [4.78, 5) is 16.9. The van der Waals surface area contributed by atoms with E-state index in [0.29, 0.717) is 18.1 Å². The molecule has 0 N–H and O–H groups in total. The minimum Gasteiger partial charge on any atom is -0.406 e. The van der Waals surface area contributed by atoms with E-state index < -0.39 is 13.5 Å². The fourth-order valence-electron chi connectivity index (χ4n) is 1.89. The molecule has 136 valence electrons. The number of alkyl halides is 3. The van der Waals surface area contributed by atoms with Crippen LogP contribution in [0.5, 0.6) is 5.75 Å².